The number of anilines is 1. The summed E-state index contributed by atoms with van der Waals surface area (Å²) in [4.78, 5) is 0. The van der Waals surface area contributed by atoms with Crippen LogP contribution < -0.4 is 5.32 Å². The van der Waals surface area contributed by atoms with Gasteiger partial charge in [-0.15, -0.1) is 0 Å². The summed E-state index contributed by atoms with van der Waals surface area (Å²) >= 11 is 0. The number of hydrogen-bond donors (Lipinski definition) is 1. The Morgan fingerprint density at radius 2 is 1.85 bits per heavy atom. The van der Waals surface area contributed by atoms with Crippen LogP contribution in [0.2, 0.25) is 0 Å². The summed E-state index contributed by atoms with van der Waals surface area (Å²) in [5.74, 6) is 0. The SMILES string of the molecule is CC(C)=CCNc1ccc(C)cc1. The quantitative estimate of drug-likeness (QED) is 0.694. The summed E-state index contributed by atoms with van der Waals surface area (Å²) in [6.45, 7) is 7.22. The molecule has 0 atom stereocenters. The van der Waals surface area contributed by atoms with E-state index in [1.165, 1.54) is 16.8 Å². The zero-order valence-electron chi connectivity index (χ0n) is 8.59. The number of rotatable bonds is 3. The molecule has 0 bridgehead atoms. The topological polar surface area (TPSA) is 12.0 Å². The van der Waals surface area contributed by atoms with Gasteiger partial charge in [0.1, 0.15) is 0 Å². The first kappa shape index (κ1) is 9.85. The zero-order chi connectivity index (χ0) is 9.68. The molecule has 0 heterocycles. The highest BCUT2D eigenvalue weighted by Gasteiger charge is 1.88. The molecule has 0 saturated heterocycles. The largest absolute Gasteiger partial charge is 0.382 e. The Bertz CT molecular complexity index is 278. The summed E-state index contributed by atoms with van der Waals surface area (Å²) in [6.07, 6.45) is 2.18. The maximum absolute atomic E-state index is 3.33. The van der Waals surface area contributed by atoms with E-state index < -0.39 is 0 Å². The van der Waals surface area contributed by atoms with Crippen LogP contribution in [0, 0.1) is 6.92 Å². The Kier molecular flexibility index (Phi) is 3.56. The fraction of sp³-hybridized carbons (Fsp3) is 0.333. The van der Waals surface area contributed by atoms with Crippen molar-refractivity contribution in [3.05, 3.63) is 41.5 Å². The third-order valence-corrected chi connectivity index (χ3v) is 1.87. The van der Waals surface area contributed by atoms with Gasteiger partial charge in [0.05, 0.1) is 0 Å². The Morgan fingerprint density at radius 3 is 2.38 bits per heavy atom. The van der Waals surface area contributed by atoms with Gasteiger partial charge in [-0.1, -0.05) is 29.3 Å². The molecule has 1 rings (SSSR count). The number of aryl methyl sites for hydroxylation is 1. The Hall–Kier alpha value is -1.24. The molecular formula is C12H17N. The molecule has 1 aromatic rings. The lowest BCUT2D eigenvalue weighted by Gasteiger charge is -2.03. The van der Waals surface area contributed by atoms with Gasteiger partial charge in [0.25, 0.3) is 0 Å². The molecule has 0 radical (unpaired) electrons. The lowest BCUT2D eigenvalue weighted by molar-refractivity contribution is 1.26. The molecule has 1 aromatic carbocycles. The lowest BCUT2D eigenvalue weighted by Crippen LogP contribution is -1.98. The van der Waals surface area contributed by atoms with Crippen molar-refractivity contribution < 1.29 is 0 Å². The number of allylic oxidation sites excluding steroid dienone is 1. The van der Waals surface area contributed by atoms with Crippen LogP contribution in [-0.2, 0) is 0 Å². The van der Waals surface area contributed by atoms with Crippen LogP contribution >= 0.6 is 0 Å². The van der Waals surface area contributed by atoms with E-state index in [4.69, 9.17) is 0 Å². The second-order valence-corrected chi connectivity index (χ2v) is 3.53. The van der Waals surface area contributed by atoms with Crippen LogP contribution in [0.25, 0.3) is 0 Å². The van der Waals surface area contributed by atoms with Gasteiger partial charge in [-0.05, 0) is 32.9 Å². The maximum atomic E-state index is 3.33. The summed E-state index contributed by atoms with van der Waals surface area (Å²) < 4.78 is 0. The molecule has 1 N–H and O–H groups in total. The molecule has 0 fully saturated rings. The molecule has 0 amide bonds. The number of benzene rings is 1. The summed E-state index contributed by atoms with van der Waals surface area (Å²) in [5, 5.41) is 3.33. The first-order chi connectivity index (χ1) is 6.18. The van der Waals surface area contributed by atoms with Crippen molar-refractivity contribution in [1.82, 2.24) is 0 Å². The fourth-order valence-corrected chi connectivity index (χ4v) is 1.04. The van der Waals surface area contributed by atoms with Gasteiger partial charge in [0.2, 0.25) is 0 Å². The van der Waals surface area contributed by atoms with Crippen molar-refractivity contribution in [3.63, 3.8) is 0 Å². The van der Waals surface area contributed by atoms with E-state index in [0.717, 1.165) is 6.54 Å². The molecule has 0 aliphatic heterocycles. The minimum absolute atomic E-state index is 0.908. The Balaban J connectivity index is 2.46. The normalized spacial score (nSPS) is 9.46. The Labute approximate surface area is 80.5 Å². The predicted octanol–water partition coefficient (Wildman–Crippen LogP) is 3.37. The van der Waals surface area contributed by atoms with Gasteiger partial charge in [0.15, 0.2) is 0 Å². The molecule has 13 heavy (non-hydrogen) atoms. The van der Waals surface area contributed by atoms with Gasteiger partial charge in [-0.2, -0.15) is 0 Å². The van der Waals surface area contributed by atoms with E-state index in [9.17, 15) is 0 Å². The van der Waals surface area contributed by atoms with Crippen molar-refractivity contribution in [2.75, 3.05) is 11.9 Å². The summed E-state index contributed by atoms with van der Waals surface area (Å²) in [5.41, 5.74) is 3.83. The highest BCUT2D eigenvalue weighted by atomic mass is 14.8. The lowest BCUT2D eigenvalue weighted by atomic mass is 10.2. The van der Waals surface area contributed by atoms with Crippen LogP contribution in [0.4, 0.5) is 5.69 Å². The number of nitrogens with one attached hydrogen (secondary N) is 1. The molecule has 0 aromatic heterocycles. The zero-order valence-corrected chi connectivity index (χ0v) is 8.59. The second kappa shape index (κ2) is 4.70. The van der Waals surface area contributed by atoms with E-state index in [0.29, 0.717) is 0 Å². The highest BCUT2D eigenvalue weighted by Crippen LogP contribution is 2.07. The first-order valence-corrected chi connectivity index (χ1v) is 4.62. The van der Waals surface area contributed by atoms with Gasteiger partial charge >= 0.3 is 0 Å². The minimum Gasteiger partial charge on any atom is -0.382 e. The second-order valence-electron chi connectivity index (χ2n) is 3.53. The average molecular weight is 175 g/mol. The van der Waals surface area contributed by atoms with Crippen molar-refractivity contribution in [3.8, 4) is 0 Å². The highest BCUT2D eigenvalue weighted by molar-refractivity contribution is 5.44. The third kappa shape index (κ3) is 3.79. The molecule has 70 valence electrons. The molecule has 0 spiro atoms. The summed E-state index contributed by atoms with van der Waals surface area (Å²) in [7, 11) is 0. The standard InChI is InChI=1S/C12H17N/c1-10(2)8-9-13-12-6-4-11(3)5-7-12/h4-8,13H,9H2,1-3H3. The van der Waals surface area contributed by atoms with Crippen molar-refractivity contribution in [2.24, 2.45) is 0 Å². The molecule has 0 aliphatic rings. The van der Waals surface area contributed by atoms with Crippen molar-refractivity contribution in [1.29, 1.82) is 0 Å². The van der Waals surface area contributed by atoms with Crippen molar-refractivity contribution in [2.45, 2.75) is 20.8 Å². The first-order valence-electron chi connectivity index (χ1n) is 4.62. The van der Waals surface area contributed by atoms with Gasteiger partial charge in [-0.3, -0.25) is 0 Å². The Morgan fingerprint density at radius 1 is 1.23 bits per heavy atom. The van der Waals surface area contributed by atoms with Crippen LogP contribution in [0.3, 0.4) is 0 Å². The average Bonchev–Trinajstić information content (AvgIpc) is 2.08. The van der Waals surface area contributed by atoms with E-state index in [2.05, 4.69) is 56.4 Å². The smallest absolute Gasteiger partial charge is 0.0342 e. The van der Waals surface area contributed by atoms with Crippen molar-refractivity contribution >= 4 is 5.69 Å². The van der Waals surface area contributed by atoms with E-state index in [-0.39, 0.29) is 0 Å². The molecule has 1 nitrogen and oxygen atoms in total. The maximum Gasteiger partial charge on any atom is 0.0342 e. The van der Waals surface area contributed by atoms with Crippen LogP contribution in [0.5, 0.6) is 0 Å². The molecule has 0 unspecified atom stereocenters. The van der Waals surface area contributed by atoms with Crippen LogP contribution in [-0.4, -0.2) is 6.54 Å². The van der Waals surface area contributed by atoms with E-state index in [1.54, 1.807) is 0 Å². The van der Waals surface area contributed by atoms with E-state index in [1.807, 2.05) is 0 Å². The van der Waals surface area contributed by atoms with Gasteiger partial charge < -0.3 is 5.32 Å². The van der Waals surface area contributed by atoms with Gasteiger partial charge in [0, 0.05) is 12.2 Å². The fourth-order valence-electron chi connectivity index (χ4n) is 1.04. The molecular weight excluding hydrogens is 158 g/mol. The van der Waals surface area contributed by atoms with Crippen LogP contribution in [0.1, 0.15) is 19.4 Å². The minimum atomic E-state index is 0.908. The van der Waals surface area contributed by atoms with Crippen LogP contribution in [0.15, 0.2) is 35.9 Å². The molecule has 0 aliphatic carbocycles. The monoisotopic (exact) mass is 175 g/mol. The number of hydrogen-bond acceptors (Lipinski definition) is 1. The molecule has 0 saturated carbocycles. The predicted molar refractivity (Wildman–Crippen MR) is 59.1 cm³/mol. The third-order valence-electron chi connectivity index (χ3n) is 1.87. The van der Waals surface area contributed by atoms with E-state index >= 15 is 0 Å². The van der Waals surface area contributed by atoms with Gasteiger partial charge in [-0.25, -0.2) is 0 Å². The summed E-state index contributed by atoms with van der Waals surface area (Å²) in [6, 6.07) is 8.44. The molecule has 1 heteroatoms.